The molecule has 3 heteroatoms. The van der Waals surface area contributed by atoms with E-state index in [-0.39, 0.29) is 11.7 Å². The summed E-state index contributed by atoms with van der Waals surface area (Å²) in [4.78, 5) is 13.1. The number of nitrogens with zero attached hydrogens (tertiary/aromatic N) is 1. The summed E-state index contributed by atoms with van der Waals surface area (Å²) < 4.78 is 5.52. The highest BCUT2D eigenvalue weighted by molar-refractivity contribution is 5.70. The first-order valence-corrected chi connectivity index (χ1v) is 5.96. The van der Waals surface area contributed by atoms with Gasteiger partial charge in [-0.25, -0.2) is 4.79 Å². The van der Waals surface area contributed by atoms with E-state index in [1.807, 2.05) is 7.05 Å². The lowest BCUT2D eigenvalue weighted by Crippen LogP contribution is -2.38. The molecule has 1 saturated heterocycles. The van der Waals surface area contributed by atoms with Crippen molar-refractivity contribution in [2.24, 2.45) is 11.8 Å². The van der Waals surface area contributed by atoms with Crippen molar-refractivity contribution in [1.82, 2.24) is 4.90 Å². The van der Waals surface area contributed by atoms with Gasteiger partial charge in [0.1, 0.15) is 5.60 Å². The normalized spacial score (nSPS) is 36.4. The highest BCUT2D eigenvalue weighted by atomic mass is 16.6. The van der Waals surface area contributed by atoms with E-state index in [9.17, 15) is 4.79 Å². The van der Waals surface area contributed by atoms with Gasteiger partial charge in [0.05, 0.1) is 6.54 Å². The average molecular weight is 211 g/mol. The maximum atomic E-state index is 11.4. The van der Waals surface area contributed by atoms with Crippen LogP contribution in [-0.2, 0) is 4.74 Å². The van der Waals surface area contributed by atoms with E-state index in [1.165, 1.54) is 12.8 Å². The second-order valence-electron chi connectivity index (χ2n) is 5.49. The van der Waals surface area contributed by atoms with E-state index < -0.39 is 0 Å². The van der Waals surface area contributed by atoms with Crippen LogP contribution in [0.5, 0.6) is 0 Å². The van der Waals surface area contributed by atoms with Crippen molar-refractivity contribution < 1.29 is 9.53 Å². The van der Waals surface area contributed by atoms with Gasteiger partial charge < -0.3 is 9.64 Å². The summed E-state index contributed by atoms with van der Waals surface area (Å²) in [5.74, 6) is 1.58. The largest absolute Gasteiger partial charge is 0.441 e. The first-order valence-electron chi connectivity index (χ1n) is 5.96. The highest BCUT2D eigenvalue weighted by Gasteiger charge is 2.46. The van der Waals surface area contributed by atoms with Gasteiger partial charge in [0.15, 0.2) is 0 Å². The van der Waals surface area contributed by atoms with Crippen LogP contribution in [-0.4, -0.2) is 30.2 Å². The maximum absolute atomic E-state index is 11.4. The summed E-state index contributed by atoms with van der Waals surface area (Å²) in [5.41, 5.74) is -0.142. The van der Waals surface area contributed by atoms with E-state index in [1.54, 1.807) is 4.90 Å². The number of carbonyl (C=O) groups is 1. The van der Waals surface area contributed by atoms with Crippen molar-refractivity contribution in [3.63, 3.8) is 0 Å². The Hall–Kier alpha value is -0.730. The molecule has 3 nitrogen and oxygen atoms in total. The van der Waals surface area contributed by atoms with Gasteiger partial charge in [-0.2, -0.15) is 0 Å². The molecule has 86 valence electrons. The molecule has 1 saturated carbocycles. The molecule has 1 heterocycles. The number of ether oxygens (including phenoxy) is 1. The van der Waals surface area contributed by atoms with E-state index in [0.29, 0.717) is 0 Å². The van der Waals surface area contributed by atoms with Crippen molar-refractivity contribution in [3.05, 3.63) is 0 Å². The molecule has 15 heavy (non-hydrogen) atoms. The van der Waals surface area contributed by atoms with Crippen LogP contribution in [0.15, 0.2) is 0 Å². The van der Waals surface area contributed by atoms with Crippen molar-refractivity contribution >= 4 is 6.09 Å². The van der Waals surface area contributed by atoms with Gasteiger partial charge in [0.25, 0.3) is 0 Å². The summed E-state index contributed by atoms with van der Waals surface area (Å²) in [6, 6.07) is 0. The Kier molecular flexibility index (Phi) is 2.65. The molecule has 0 aromatic carbocycles. The van der Waals surface area contributed by atoms with Crippen LogP contribution in [0, 0.1) is 11.8 Å². The molecule has 0 bridgehead atoms. The van der Waals surface area contributed by atoms with Crippen LogP contribution in [0.2, 0.25) is 0 Å². The fourth-order valence-corrected chi connectivity index (χ4v) is 2.89. The minimum absolute atomic E-state index is 0.141. The topological polar surface area (TPSA) is 29.5 Å². The zero-order chi connectivity index (χ0) is 11.1. The third-order valence-corrected chi connectivity index (χ3v) is 4.03. The minimum atomic E-state index is -0.142. The number of hydrogen-bond acceptors (Lipinski definition) is 2. The van der Waals surface area contributed by atoms with Crippen LogP contribution in [0.1, 0.15) is 39.5 Å². The lowest BCUT2D eigenvalue weighted by atomic mass is 9.74. The van der Waals surface area contributed by atoms with Gasteiger partial charge in [-0.3, -0.25) is 0 Å². The van der Waals surface area contributed by atoms with Gasteiger partial charge in [-0.1, -0.05) is 13.8 Å². The standard InChI is InChI=1S/C12H21NO2/c1-9(2)10-4-6-12(7-5-10)8-13(3)11(14)15-12/h9-10H,4-8H2,1-3H3. The number of rotatable bonds is 1. The number of carbonyl (C=O) groups excluding carboxylic acids is 1. The number of likely N-dealkylation sites (N-methyl/N-ethyl adjacent to an activating group) is 1. The van der Waals surface area contributed by atoms with Gasteiger partial charge >= 0.3 is 6.09 Å². The van der Waals surface area contributed by atoms with Crippen LogP contribution < -0.4 is 0 Å². The predicted octanol–water partition coefficient (Wildman–Crippen LogP) is 2.65. The van der Waals surface area contributed by atoms with Crippen LogP contribution >= 0.6 is 0 Å². The van der Waals surface area contributed by atoms with Gasteiger partial charge in [0.2, 0.25) is 0 Å². The van der Waals surface area contributed by atoms with Gasteiger partial charge in [-0.05, 0) is 37.5 Å². The molecule has 2 rings (SSSR count). The Bertz CT molecular complexity index is 254. The van der Waals surface area contributed by atoms with Crippen molar-refractivity contribution in [1.29, 1.82) is 0 Å². The Morgan fingerprint density at radius 3 is 2.40 bits per heavy atom. The lowest BCUT2D eigenvalue weighted by molar-refractivity contribution is 0.00724. The molecule has 0 radical (unpaired) electrons. The molecular formula is C12H21NO2. The highest BCUT2D eigenvalue weighted by Crippen LogP contribution is 2.41. The molecule has 0 aromatic rings. The van der Waals surface area contributed by atoms with Gasteiger partial charge in [0, 0.05) is 7.05 Å². The first-order chi connectivity index (χ1) is 7.02. The van der Waals surface area contributed by atoms with E-state index in [0.717, 1.165) is 31.2 Å². The second kappa shape index (κ2) is 3.69. The van der Waals surface area contributed by atoms with Crippen molar-refractivity contribution in [3.8, 4) is 0 Å². The van der Waals surface area contributed by atoms with Crippen molar-refractivity contribution in [2.75, 3.05) is 13.6 Å². The van der Waals surface area contributed by atoms with Crippen LogP contribution in [0.3, 0.4) is 0 Å². The van der Waals surface area contributed by atoms with E-state index >= 15 is 0 Å². The zero-order valence-corrected chi connectivity index (χ0v) is 9.95. The summed E-state index contributed by atoms with van der Waals surface area (Å²) in [5, 5.41) is 0. The Balaban J connectivity index is 1.96. The molecule has 2 fully saturated rings. The molecular weight excluding hydrogens is 190 g/mol. The fourth-order valence-electron chi connectivity index (χ4n) is 2.89. The van der Waals surface area contributed by atoms with E-state index in [4.69, 9.17) is 4.74 Å². The minimum Gasteiger partial charge on any atom is -0.441 e. The quantitative estimate of drug-likeness (QED) is 0.667. The van der Waals surface area contributed by atoms with E-state index in [2.05, 4.69) is 13.8 Å². The Morgan fingerprint density at radius 2 is 2.00 bits per heavy atom. The Morgan fingerprint density at radius 1 is 1.40 bits per heavy atom. The summed E-state index contributed by atoms with van der Waals surface area (Å²) in [7, 11) is 1.83. The molecule has 0 unspecified atom stereocenters. The monoisotopic (exact) mass is 211 g/mol. The molecule has 1 spiro atoms. The molecule has 0 aromatic heterocycles. The average Bonchev–Trinajstić information content (AvgIpc) is 2.43. The predicted molar refractivity (Wildman–Crippen MR) is 58.6 cm³/mol. The molecule has 1 aliphatic heterocycles. The lowest BCUT2D eigenvalue weighted by Gasteiger charge is -2.36. The summed E-state index contributed by atoms with van der Waals surface area (Å²) in [6.07, 6.45) is 4.37. The maximum Gasteiger partial charge on any atom is 0.410 e. The third-order valence-electron chi connectivity index (χ3n) is 4.03. The smallest absolute Gasteiger partial charge is 0.410 e. The SMILES string of the molecule is CC(C)C1CCC2(CC1)CN(C)C(=O)O2. The van der Waals surface area contributed by atoms with Crippen molar-refractivity contribution in [2.45, 2.75) is 45.1 Å². The van der Waals surface area contributed by atoms with Crippen LogP contribution in [0.4, 0.5) is 4.79 Å². The summed E-state index contributed by atoms with van der Waals surface area (Å²) >= 11 is 0. The fraction of sp³-hybridized carbons (Fsp3) is 0.917. The number of amides is 1. The first kappa shape index (κ1) is 10.8. The third kappa shape index (κ3) is 1.97. The van der Waals surface area contributed by atoms with Gasteiger partial charge in [-0.15, -0.1) is 0 Å². The molecule has 1 amide bonds. The summed E-state index contributed by atoms with van der Waals surface area (Å²) in [6.45, 7) is 5.36. The Labute approximate surface area is 91.8 Å². The molecule has 0 N–H and O–H groups in total. The second-order valence-corrected chi connectivity index (χ2v) is 5.49. The molecule has 0 atom stereocenters. The zero-order valence-electron chi connectivity index (χ0n) is 9.95. The number of hydrogen-bond donors (Lipinski definition) is 0. The van der Waals surface area contributed by atoms with Crippen LogP contribution in [0.25, 0.3) is 0 Å². The molecule has 2 aliphatic rings. The molecule has 1 aliphatic carbocycles.